The summed E-state index contributed by atoms with van der Waals surface area (Å²) < 4.78 is 3.65. The predicted octanol–water partition coefficient (Wildman–Crippen LogP) is 4.54. The van der Waals surface area contributed by atoms with Gasteiger partial charge in [0.15, 0.2) is 0 Å². The normalized spacial score (nSPS) is 21.1. The first-order chi connectivity index (χ1) is 7.09. The molecule has 0 heterocycles. The molecule has 0 bridgehead atoms. The van der Waals surface area contributed by atoms with Crippen molar-refractivity contribution in [2.45, 2.75) is 40.5 Å². The summed E-state index contributed by atoms with van der Waals surface area (Å²) in [5.74, 6) is 0. The first-order valence-electron chi connectivity index (χ1n) is 5.60. The second-order valence-electron chi connectivity index (χ2n) is 4.51. The molecule has 0 nitrogen and oxygen atoms in total. The second kappa shape index (κ2) is 4.37. The maximum atomic E-state index is 2.41. The molecule has 2 aliphatic rings. The molecule has 0 saturated carbocycles. The van der Waals surface area contributed by atoms with E-state index in [1.54, 1.807) is 11.1 Å². The van der Waals surface area contributed by atoms with Crippen molar-refractivity contribution in [3.05, 3.63) is 41.1 Å². The molecule has 0 unspecified atom stereocenters. The third kappa shape index (κ3) is 2.18. The second-order valence-corrected chi connectivity index (χ2v) is 9.75. The molecule has 15 heavy (non-hydrogen) atoms. The fraction of sp³-hybridized carbons (Fsp3) is 0.429. The van der Waals surface area contributed by atoms with E-state index in [4.69, 9.17) is 0 Å². The summed E-state index contributed by atoms with van der Waals surface area (Å²) in [7, 11) is 0. The summed E-state index contributed by atoms with van der Waals surface area (Å²) in [6.45, 7) is 9.13. The molecule has 0 spiro atoms. The van der Waals surface area contributed by atoms with Crippen LogP contribution in [-0.4, -0.2) is 0 Å². The number of rotatable bonds is 2. The van der Waals surface area contributed by atoms with Crippen LogP contribution in [0, 0.1) is 0 Å². The van der Waals surface area contributed by atoms with Crippen molar-refractivity contribution in [3.8, 4) is 0 Å². The van der Waals surface area contributed by atoms with E-state index in [9.17, 15) is 0 Å². The Labute approximate surface area is 107 Å². The fourth-order valence-electron chi connectivity index (χ4n) is 2.07. The molecule has 2 rings (SSSR count). The first kappa shape index (κ1) is 11.3. The summed E-state index contributed by atoms with van der Waals surface area (Å²) in [6, 6.07) is 0. The Morgan fingerprint density at radius 2 is 1.27 bits per heavy atom. The van der Waals surface area contributed by atoms with Crippen LogP contribution < -0.4 is 0 Å². The van der Waals surface area contributed by atoms with Crippen LogP contribution in [0.4, 0.5) is 0 Å². The van der Waals surface area contributed by atoms with Gasteiger partial charge in [0, 0.05) is 0 Å². The molecule has 0 atom stereocenters. The van der Waals surface area contributed by atoms with Crippen molar-refractivity contribution >= 4 is 0 Å². The van der Waals surface area contributed by atoms with E-state index in [0.717, 1.165) is 0 Å². The van der Waals surface area contributed by atoms with Gasteiger partial charge < -0.3 is 2.85 Å². The Balaban J connectivity index is 0.00000128. The minimum absolute atomic E-state index is 0. The van der Waals surface area contributed by atoms with Gasteiger partial charge in [0.2, 0.25) is 0 Å². The summed E-state index contributed by atoms with van der Waals surface area (Å²) in [6.07, 6.45) is 7.33. The molecule has 0 amide bonds. The van der Waals surface area contributed by atoms with E-state index >= 15 is 0 Å². The van der Waals surface area contributed by atoms with Gasteiger partial charge in [-0.25, -0.2) is 0 Å². The average molecular weight is 367 g/mol. The number of hydrogen-bond acceptors (Lipinski definition) is 0. The Kier molecular flexibility index (Phi) is 3.30. The van der Waals surface area contributed by atoms with E-state index in [-0.39, 0.29) is 2.85 Å². The zero-order valence-electron chi connectivity index (χ0n) is 12.1. The predicted molar refractivity (Wildman–Crippen MR) is 64.4 cm³/mol. The molecule has 0 fully saturated rings. The molecule has 0 radical (unpaired) electrons. The van der Waals surface area contributed by atoms with Gasteiger partial charge in [0.1, 0.15) is 0 Å². The Morgan fingerprint density at radius 3 is 1.53 bits per heavy atom. The maximum Gasteiger partial charge on any atom is -1.00 e. The Hall–Kier alpha value is -0.170. The zero-order valence-corrected chi connectivity index (χ0v) is 13.7. The van der Waals surface area contributed by atoms with Gasteiger partial charge in [0.05, 0.1) is 0 Å². The van der Waals surface area contributed by atoms with Crippen molar-refractivity contribution in [2.24, 2.45) is 0 Å². The van der Waals surface area contributed by atoms with Crippen molar-refractivity contribution in [2.75, 3.05) is 0 Å². The number of allylic oxidation sites excluding steroid dienone is 8. The van der Waals surface area contributed by atoms with Crippen molar-refractivity contribution < 1.29 is 25.8 Å². The topological polar surface area (TPSA) is 0 Å². The van der Waals surface area contributed by atoms with Crippen LogP contribution in [0.1, 0.15) is 43.4 Å². The smallest absolute Gasteiger partial charge is 1.00 e. The molecule has 0 aromatic carbocycles. The standard InChI is InChI=1S/2C7H9.Hf.2H/c2*1-6-4-3-5-7(6)2;;;/h2*4H,3H2,1-2H3;;;/q;;;2*-1. The van der Waals surface area contributed by atoms with Crippen molar-refractivity contribution in [1.82, 2.24) is 0 Å². The van der Waals surface area contributed by atoms with Crippen LogP contribution in [-0.2, 0) is 22.9 Å². The van der Waals surface area contributed by atoms with Crippen LogP contribution in [0.15, 0.2) is 41.1 Å². The molecule has 0 aliphatic heterocycles. The minimum atomic E-state index is -0.672. The van der Waals surface area contributed by atoms with Gasteiger partial charge in [-0.2, -0.15) is 0 Å². The van der Waals surface area contributed by atoms with Gasteiger partial charge in [-0.15, -0.1) is 0 Å². The zero-order chi connectivity index (χ0) is 11.0. The molecule has 0 N–H and O–H groups in total. The number of hydrogen-bond donors (Lipinski definition) is 0. The molecule has 82 valence electrons. The monoisotopic (exact) mass is 368 g/mol. The fourth-order valence-corrected chi connectivity index (χ4v) is 7.61. The van der Waals surface area contributed by atoms with Crippen molar-refractivity contribution in [3.63, 3.8) is 0 Å². The quantitative estimate of drug-likeness (QED) is 0.629. The summed E-state index contributed by atoms with van der Waals surface area (Å²) in [5.41, 5.74) is 6.28. The van der Waals surface area contributed by atoms with Crippen molar-refractivity contribution in [1.29, 1.82) is 0 Å². The average Bonchev–Trinajstić information content (AvgIpc) is 2.68. The van der Waals surface area contributed by atoms with Crippen LogP contribution in [0.25, 0.3) is 0 Å². The molecular formula is C14H20Hf-2. The van der Waals surface area contributed by atoms with Gasteiger partial charge in [-0.3, -0.25) is 0 Å². The maximum absolute atomic E-state index is 2.41. The molecule has 0 saturated heterocycles. The van der Waals surface area contributed by atoms with E-state index in [2.05, 4.69) is 39.8 Å². The molecule has 2 aliphatic carbocycles. The van der Waals surface area contributed by atoms with Crippen LogP contribution >= 0.6 is 0 Å². The van der Waals surface area contributed by atoms with Crippen LogP contribution in [0.5, 0.6) is 0 Å². The first-order valence-corrected chi connectivity index (χ1v) is 9.19. The summed E-state index contributed by atoms with van der Waals surface area (Å²) in [5, 5.41) is 0. The summed E-state index contributed by atoms with van der Waals surface area (Å²) >= 11 is -0.672. The van der Waals surface area contributed by atoms with Gasteiger partial charge in [-0.1, -0.05) is 0 Å². The largest absolute Gasteiger partial charge is 1.00 e. The van der Waals surface area contributed by atoms with Crippen LogP contribution in [0.2, 0.25) is 0 Å². The summed E-state index contributed by atoms with van der Waals surface area (Å²) in [4.78, 5) is 0. The molecule has 0 aromatic rings. The third-order valence-corrected chi connectivity index (χ3v) is 9.94. The van der Waals surface area contributed by atoms with Crippen LogP contribution in [0.3, 0.4) is 0 Å². The van der Waals surface area contributed by atoms with E-state index < -0.39 is 22.9 Å². The van der Waals surface area contributed by atoms with E-state index in [1.807, 2.05) is 6.66 Å². The van der Waals surface area contributed by atoms with Gasteiger partial charge >= 0.3 is 105 Å². The Bertz CT molecular complexity index is 386. The third-order valence-electron chi connectivity index (χ3n) is 3.61. The SMILES string of the molecule is CC1=CC[C]([Hf][C]2=C(C)C(C)=CC2)=C1C.[H-].[H-]. The minimum Gasteiger partial charge on any atom is -1.00 e. The van der Waals surface area contributed by atoms with E-state index in [1.165, 1.54) is 24.0 Å². The Morgan fingerprint density at radius 1 is 0.867 bits per heavy atom. The molecule has 0 aromatic heterocycles. The molecular weight excluding hydrogens is 347 g/mol. The van der Waals surface area contributed by atoms with E-state index in [0.29, 0.717) is 0 Å². The van der Waals surface area contributed by atoms with Gasteiger partial charge in [0.25, 0.3) is 0 Å². The van der Waals surface area contributed by atoms with Gasteiger partial charge in [-0.05, 0) is 0 Å². The molecule has 1 heteroatoms.